The van der Waals surface area contributed by atoms with Crippen molar-refractivity contribution in [3.63, 3.8) is 0 Å². The van der Waals surface area contributed by atoms with E-state index in [4.69, 9.17) is 0 Å². The van der Waals surface area contributed by atoms with Crippen molar-refractivity contribution >= 4 is 10.9 Å². The van der Waals surface area contributed by atoms with E-state index in [0.29, 0.717) is 12.1 Å². The van der Waals surface area contributed by atoms with Crippen molar-refractivity contribution in [3.05, 3.63) is 35.9 Å². The monoisotopic (exact) mass is 244 g/mol. The lowest BCUT2D eigenvalue weighted by molar-refractivity contribution is 0.152. The van der Waals surface area contributed by atoms with Gasteiger partial charge in [0.25, 0.3) is 0 Å². The number of rotatable bonds is 6. The van der Waals surface area contributed by atoms with Gasteiger partial charge in [0, 0.05) is 0 Å². The molecule has 0 spiro atoms. The van der Waals surface area contributed by atoms with E-state index in [0.717, 1.165) is 0 Å². The molecule has 1 unspecified atom stereocenters. The molecule has 1 atom stereocenters. The Hall–Kier alpha value is -0.950. The number of benzene rings is 1. The van der Waals surface area contributed by atoms with E-state index in [-0.39, 0.29) is 6.61 Å². The molecule has 0 aliphatic heterocycles. The molecule has 0 fully saturated rings. The standard InChI is InChI=1S/C10H16N2O3S/c1-2-11-10(8-13,12-16(14)15)9-6-4-3-5-7-9/h3-7,11,13,16H,2,8H2,1H3,(H,12,14,15). The lowest BCUT2D eigenvalue weighted by Gasteiger charge is -2.31. The first-order valence-electron chi connectivity index (χ1n) is 4.98. The molecule has 1 aromatic rings. The van der Waals surface area contributed by atoms with E-state index in [1.54, 1.807) is 24.3 Å². The molecule has 0 aliphatic rings. The summed E-state index contributed by atoms with van der Waals surface area (Å²) in [6, 6.07) is 8.91. The normalized spacial score (nSPS) is 14.9. The molecule has 0 radical (unpaired) electrons. The fraction of sp³-hybridized carbons (Fsp3) is 0.400. The smallest absolute Gasteiger partial charge is 0.203 e. The highest BCUT2D eigenvalue weighted by atomic mass is 32.2. The number of aliphatic hydroxyl groups is 1. The number of likely N-dealkylation sites (N-methyl/N-ethyl adjacent to an activating group) is 1. The van der Waals surface area contributed by atoms with Crippen LogP contribution in [-0.2, 0) is 16.6 Å². The summed E-state index contributed by atoms with van der Waals surface area (Å²) < 4.78 is 23.9. The average molecular weight is 244 g/mol. The van der Waals surface area contributed by atoms with E-state index in [1.807, 2.05) is 13.0 Å². The van der Waals surface area contributed by atoms with Gasteiger partial charge in [-0.15, -0.1) is 0 Å². The summed E-state index contributed by atoms with van der Waals surface area (Å²) >= 11 is 0. The first kappa shape index (κ1) is 13.1. The highest BCUT2D eigenvalue weighted by molar-refractivity contribution is 7.70. The first-order valence-corrected chi connectivity index (χ1v) is 6.16. The molecule has 0 saturated carbocycles. The average Bonchev–Trinajstić information content (AvgIpc) is 2.29. The maximum absolute atomic E-state index is 10.8. The molecular weight excluding hydrogens is 228 g/mol. The summed E-state index contributed by atoms with van der Waals surface area (Å²) in [6.07, 6.45) is 0. The van der Waals surface area contributed by atoms with Crippen LogP contribution in [-0.4, -0.2) is 26.7 Å². The highest BCUT2D eigenvalue weighted by Crippen LogP contribution is 2.17. The van der Waals surface area contributed by atoms with Crippen LogP contribution in [0.25, 0.3) is 0 Å². The third-order valence-corrected chi connectivity index (χ3v) is 2.83. The van der Waals surface area contributed by atoms with E-state index in [1.165, 1.54) is 0 Å². The Bertz CT molecular complexity index is 386. The van der Waals surface area contributed by atoms with Crippen LogP contribution in [0.4, 0.5) is 0 Å². The lowest BCUT2D eigenvalue weighted by Crippen LogP contribution is -2.56. The van der Waals surface area contributed by atoms with Crippen LogP contribution in [0.5, 0.6) is 0 Å². The minimum absolute atomic E-state index is 0.353. The topological polar surface area (TPSA) is 78.4 Å². The van der Waals surface area contributed by atoms with Gasteiger partial charge in [0.15, 0.2) is 0 Å². The van der Waals surface area contributed by atoms with Crippen molar-refractivity contribution in [3.8, 4) is 0 Å². The van der Waals surface area contributed by atoms with Crippen molar-refractivity contribution in [1.29, 1.82) is 0 Å². The molecule has 0 saturated heterocycles. The predicted molar refractivity (Wildman–Crippen MR) is 62.3 cm³/mol. The Morgan fingerprint density at radius 3 is 2.38 bits per heavy atom. The van der Waals surface area contributed by atoms with Crippen LogP contribution in [0.15, 0.2) is 30.3 Å². The highest BCUT2D eigenvalue weighted by Gasteiger charge is 2.30. The molecule has 0 heterocycles. The Morgan fingerprint density at radius 1 is 1.31 bits per heavy atom. The molecule has 3 N–H and O–H groups in total. The molecule has 5 nitrogen and oxygen atoms in total. The van der Waals surface area contributed by atoms with Gasteiger partial charge in [-0.3, -0.25) is 5.32 Å². The number of nitrogens with one attached hydrogen (secondary N) is 2. The van der Waals surface area contributed by atoms with Gasteiger partial charge < -0.3 is 5.11 Å². The van der Waals surface area contributed by atoms with Gasteiger partial charge in [-0.05, 0) is 12.1 Å². The quantitative estimate of drug-likeness (QED) is 0.404. The molecule has 6 heteroatoms. The number of aliphatic hydroxyl groups excluding tert-OH is 1. The third kappa shape index (κ3) is 3.02. The maximum atomic E-state index is 10.8. The summed E-state index contributed by atoms with van der Waals surface area (Å²) in [5.41, 5.74) is -0.455. The Labute approximate surface area is 96.6 Å². The van der Waals surface area contributed by atoms with Crippen molar-refractivity contribution in [1.82, 2.24) is 10.0 Å². The van der Waals surface area contributed by atoms with Crippen LogP contribution in [0, 0.1) is 0 Å². The second-order valence-corrected chi connectivity index (χ2v) is 4.07. The molecule has 16 heavy (non-hydrogen) atoms. The largest absolute Gasteiger partial charge is 0.393 e. The number of thiol groups is 1. The van der Waals surface area contributed by atoms with Gasteiger partial charge >= 0.3 is 0 Å². The van der Waals surface area contributed by atoms with Gasteiger partial charge in [0.2, 0.25) is 10.9 Å². The van der Waals surface area contributed by atoms with Crippen molar-refractivity contribution < 1.29 is 13.5 Å². The summed E-state index contributed by atoms with van der Waals surface area (Å²) in [5, 5.41) is 12.4. The van der Waals surface area contributed by atoms with Crippen LogP contribution in [0.3, 0.4) is 0 Å². The molecular formula is C10H16N2O3S. The van der Waals surface area contributed by atoms with Crippen molar-refractivity contribution in [2.75, 3.05) is 13.2 Å². The van der Waals surface area contributed by atoms with E-state index < -0.39 is 16.6 Å². The molecule has 90 valence electrons. The molecule has 0 bridgehead atoms. The predicted octanol–water partition coefficient (Wildman–Crippen LogP) is -0.443. The van der Waals surface area contributed by atoms with E-state index in [2.05, 4.69) is 10.0 Å². The van der Waals surface area contributed by atoms with Crippen molar-refractivity contribution in [2.45, 2.75) is 12.6 Å². The Balaban J connectivity index is 3.11. The third-order valence-electron chi connectivity index (χ3n) is 2.26. The summed E-state index contributed by atoms with van der Waals surface area (Å²) in [6.45, 7) is 2.02. The van der Waals surface area contributed by atoms with Crippen LogP contribution < -0.4 is 10.0 Å². The van der Waals surface area contributed by atoms with Gasteiger partial charge in [-0.1, -0.05) is 37.3 Å². The molecule has 1 aromatic carbocycles. The van der Waals surface area contributed by atoms with Crippen LogP contribution >= 0.6 is 0 Å². The van der Waals surface area contributed by atoms with Gasteiger partial charge in [-0.2, -0.15) is 4.72 Å². The minimum Gasteiger partial charge on any atom is -0.393 e. The molecule has 0 amide bonds. The SMILES string of the molecule is CCNC(CO)(N[SH](=O)=O)c1ccccc1. The van der Waals surface area contributed by atoms with E-state index >= 15 is 0 Å². The lowest BCUT2D eigenvalue weighted by atomic mass is 10.0. The summed E-state index contributed by atoms with van der Waals surface area (Å²) in [7, 11) is -2.80. The summed E-state index contributed by atoms with van der Waals surface area (Å²) in [4.78, 5) is 0. The zero-order valence-electron chi connectivity index (χ0n) is 9.01. The zero-order chi connectivity index (χ0) is 12.0. The van der Waals surface area contributed by atoms with Gasteiger partial charge in [0.05, 0.1) is 6.61 Å². The van der Waals surface area contributed by atoms with Crippen molar-refractivity contribution in [2.24, 2.45) is 0 Å². The summed E-state index contributed by atoms with van der Waals surface area (Å²) in [5.74, 6) is 0. The second-order valence-electron chi connectivity index (χ2n) is 3.33. The van der Waals surface area contributed by atoms with E-state index in [9.17, 15) is 13.5 Å². The second kappa shape index (κ2) is 5.95. The number of hydrogen-bond donors (Lipinski definition) is 4. The van der Waals surface area contributed by atoms with Gasteiger partial charge in [-0.25, -0.2) is 8.42 Å². The van der Waals surface area contributed by atoms with Crippen LogP contribution in [0.2, 0.25) is 0 Å². The Morgan fingerprint density at radius 2 is 1.94 bits per heavy atom. The minimum atomic E-state index is -2.80. The molecule has 0 aromatic heterocycles. The number of hydrogen-bond acceptors (Lipinski definition) is 4. The molecule has 0 aliphatic carbocycles. The molecule has 1 rings (SSSR count). The van der Waals surface area contributed by atoms with Crippen LogP contribution in [0.1, 0.15) is 12.5 Å². The first-order chi connectivity index (χ1) is 7.64. The fourth-order valence-electron chi connectivity index (χ4n) is 1.57. The van der Waals surface area contributed by atoms with Gasteiger partial charge in [0.1, 0.15) is 5.66 Å². The maximum Gasteiger partial charge on any atom is 0.203 e. The zero-order valence-corrected chi connectivity index (χ0v) is 9.91. The fourth-order valence-corrected chi connectivity index (χ4v) is 2.16. The Kier molecular flexibility index (Phi) is 4.88.